The quantitative estimate of drug-likeness (QED) is 0.291. The highest BCUT2D eigenvalue weighted by molar-refractivity contribution is 4.85. The first-order valence-electron chi connectivity index (χ1n) is 9.77. The third-order valence-electron chi connectivity index (χ3n) is 5.30. The average Bonchev–Trinajstić information content (AvgIpc) is 3.18. The highest BCUT2D eigenvalue weighted by Gasteiger charge is 2.34. The first-order chi connectivity index (χ1) is 9.77. The highest BCUT2D eigenvalue weighted by Crippen LogP contribution is 2.45. The van der Waals surface area contributed by atoms with Gasteiger partial charge in [-0.3, -0.25) is 0 Å². The molecule has 3 unspecified atom stereocenters. The molecule has 120 valence electrons. The van der Waals surface area contributed by atoms with Crippen LogP contribution in [-0.2, 0) is 0 Å². The molecule has 0 N–H and O–H groups in total. The van der Waals surface area contributed by atoms with Crippen LogP contribution in [-0.4, -0.2) is 0 Å². The maximum atomic E-state index is 2.42. The molecule has 3 atom stereocenters. The SMILES string of the molecule is CCCCC1CC1CCCCCCCCC(C)CCC. The van der Waals surface area contributed by atoms with Gasteiger partial charge in [-0.15, -0.1) is 0 Å². The van der Waals surface area contributed by atoms with Gasteiger partial charge in [-0.2, -0.15) is 0 Å². The summed E-state index contributed by atoms with van der Waals surface area (Å²) in [6, 6.07) is 0. The Balaban J connectivity index is 1.75. The van der Waals surface area contributed by atoms with E-state index in [0.29, 0.717) is 0 Å². The van der Waals surface area contributed by atoms with Crippen molar-refractivity contribution in [3.8, 4) is 0 Å². The fourth-order valence-electron chi connectivity index (χ4n) is 3.73. The maximum absolute atomic E-state index is 2.42. The standard InChI is InChI=1S/C20H40/c1-4-6-15-19-17-20(19)16-12-10-8-7-9-11-14-18(3)13-5-2/h18-20H,4-17H2,1-3H3. The van der Waals surface area contributed by atoms with Crippen molar-refractivity contribution < 1.29 is 0 Å². The number of hydrogen-bond donors (Lipinski definition) is 0. The Morgan fingerprint density at radius 2 is 1.30 bits per heavy atom. The van der Waals surface area contributed by atoms with Crippen molar-refractivity contribution in [2.24, 2.45) is 17.8 Å². The molecule has 0 heterocycles. The molecule has 1 aliphatic rings. The summed E-state index contributed by atoms with van der Waals surface area (Å²) in [5, 5.41) is 0. The van der Waals surface area contributed by atoms with Gasteiger partial charge in [0, 0.05) is 0 Å². The predicted octanol–water partition coefficient (Wildman–Crippen LogP) is 7.37. The van der Waals surface area contributed by atoms with Crippen LogP contribution in [0, 0.1) is 17.8 Å². The van der Waals surface area contributed by atoms with Crippen LogP contribution in [0.1, 0.15) is 111 Å². The lowest BCUT2D eigenvalue weighted by atomic mass is 9.98. The van der Waals surface area contributed by atoms with E-state index >= 15 is 0 Å². The first-order valence-corrected chi connectivity index (χ1v) is 9.77. The van der Waals surface area contributed by atoms with E-state index in [1.54, 1.807) is 12.8 Å². The molecule has 1 saturated carbocycles. The summed E-state index contributed by atoms with van der Waals surface area (Å²) in [6.45, 7) is 7.05. The van der Waals surface area contributed by atoms with E-state index in [2.05, 4.69) is 20.8 Å². The van der Waals surface area contributed by atoms with Gasteiger partial charge in [0.25, 0.3) is 0 Å². The highest BCUT2D eigenvalue weighted by atomic mass is 14.4. The van der Waals surface area contributed by atoms with Crippen LogP contribution in [0.5, 0.6) is 0 Å². The van der Waals surface area contributed by atoms with Crippen LogP contribution in [0.3, 0.4) is 0 Å². The molecule has 0 radical (unpaired) electrons. The van der Waals surface area contributed by atoms with Gasteiger partial charge >= 0.3 is 0 Å². The summed E-state index contributed by atoms with van der Waals surface area (Å²) in [4.78, 5) is 0. The van der Waals surface area contributed by atoms with Crippen molar-refractivity contribution in [3.63, 3.8) is 0 Å². The van der Waals surface area contributed by atoms with E-state index < -0.39 is 0 Å². The second-order valence-corrected chi connectivity index (χ2v) is 7.49. The third-order valence-corrected chi connectivity index (χ3v) is 5.30. The Kier molecular flexibility index (Phi) is 10.5. The number of hydrogen-bond acceptors (Lipinski definition) is 0. The van der Waals surface area contributed by atoms with Gasteiger partial charge in [-0.25, -0.2) is 0 Å². The van der Waals surface area contributed by atoms with Gasteiger partial charge in [0.05, 0.1) is 0 Å². The number of unbranched alkanes of at least 4 members (excludes halogenated alkanes) is 6. The van der Waals surface area contributed by atoms with E-state index in [1.165, 1.54) is 77.0 Å². The second kappa shape index (κ2) is 11.6. The van der Waals surface area contributed by atoms with Crippen LogP contribution in [0.2, 0.25) is 0 Å². The largest absolute Gasteiger partial charge is 0.0654 e. The average molecular weight is 281 g/mol. The fraction of sp³-hybridized carbons (Fsp3) is 1.00. The smallest absolute Gasteiger partial charge is 0.0383 e. The Morgan fingerprint density at radius 3 is 1.95 bits per heavy atom. The van der Waals surface area contributed by atoms with Crippen LogP contribution in [0.4, 0.5) is 0 Å². The van der Waals surface area contributed by atoms with Crippen molar-refractivity contribution in [2.75, 3.05) is 0 Å². The summed E-state index contributed by atoms with van der Waals surface area (Å²) in [5.41, 5.74) is 0. The van der Waals surface area contributed by atoms with Crippen molar-refractivity contribution in [1.29, 1.82) is 0 Å². The molecule has 0 saturated heterocycles. The minimum absolute atomic E-state index is 0.968. The first kappa shape index (κ1) is 18.1. The van der Waals surface area contributed by atoms with Crippen LogP contribution < -0.4 is 0 Å². The zero-order chi connectivity index (χ0) is 14.6. The molecule has 1 aliphatic carbocycles. The fourth-order valence-corrected chi connectivity index (χ4v) is 3.73. The number of rotatable bonds is 14. The summed E-state index contributed by atoms with van der Waals surface area (Å²) >= 11 is 0. The van der Waals surface area contributed by atoms with Gasteiger partial charge in [-0.05, 0) is 24.2 Å². The zero-order valence-electron chi connectivity index (χ0n) is 14.6. The Morgan fingerprint density at radius 1 is 0.700 bits per heavy atom. The monoisotopic (exact) mass is 280 g/mol. The minimum Gasteiger partial charge on any atom is -0.0654 e. The maximum Gasteiger partial charge on any atom is -0.0383 e. The molecule has 1 fully saturated rings. The predicted molar refractivity (Wildman–Crippen MR) is 92.1 cm³/mol. The molecule has 0 spiro atoms. The van der Waals surface area contributed by atoms with Gasteiger partial charge in [-0.1, -0.05) is 104 Å². The Hall–Kier alpha value is 0. The summed E-state index contributed by atoms with van der Waals surface area (Å²) in [6.07, 6.45) is 20.7. The van der Waals surface area contributed by atoms with E-state index in [4.69, 9.17) is 0 Å². The van der Waals surface area contributed by atoms with Gasteiger partial charge in [0.2, 0.25) is 0 Å². The summed E-state index contributed by atoms with van der Waals surface area (Å²) < 4.78 is 0. The minimum atomic E-state index is 0.968. The lowest BCUT2D eigenvalue weighted by Crippen LogP contribution is -1.93. The molecular weight excluding hydrogens is 240 g/mol. The molecule has 0 nitrogen and oxygen atoms in total. The van der Waals surface area contributed by atoms with Gasteiger partial charge in [0.1, 0.15) is 0 Å². The molecule has 0 heteroatoms. The van der Waals surface area contributed by atoms with Crippen molar-refractivity contribution in [1.82, 2.24) is 0 Å². The van der Waals surface area contributed by atoms with E-state index in [1.807, 2.05) is 0 Å². The molecule has 0 bridgehead atoms. The Labute approximate surface area is 129 Å². The van der Waals surface area contributed by atoms with Crippen molar-refractivity contribution in [3.05, 3.63) is 0 Å². The molecule has 20 heavy (non-hydrogen) atoms. The molecule has 0 amide bonds. The lowest BCUT2D eigenvalue weighted by Gasteiger charge is -2.09. The van der Waals surface area contributed by atoms with E-state index in [0.717, 1.165) is 17.8 Å². The topological polar surface area (TPSA) is 0 Å². The second-order valence-electron chi connectivity index (χ2n) is 7.49. The molecule has 0 aliphatic heterocycles. The summed E-state index contributed by atoms with van der Waals surface area (Å²) in [7, 11) is 0. The molecule has 0 aromatic carbocycles. The van der Waals surface area contributed by atoms with Gasteiger partial charge < -0.3 is 0 Å². The van der Waals surface area contributed by atoms with E-state index in [-0.39, 0.29) is 0 Å². The van der Waals surface area contributed by atoms with Crippen LogP contribution in [0.25, 0.3) is 0 Å². The molecule has 1 rings (SSSR count). The van der Waals surface area contributed by atoms with Crippen molar-refractivity contribution >= 4 is 0 Å². The molecular formula is C20H40. The normalized spacial score (nSPS) is 22.9. The Bertz CT molecular complexity index is 208. The van der Waals surface area contributed by atoms with Crippen molar-refractivity contribution in [2.45, 2.75) is 111 Å². The zero-order valence-corrected chi connectivity index (χ0v) is 14.6. The van der Waals surface area contributed by atoms with Crippen LogP contribution in [0.15, 0.2) is 0 Å². The van der Waals surface area contributed by atoms with Gasteiger partial charge in [0.15, 0.2) is 0 Å². The summed E-state index contributed by atoms with van der Waals surface area (Å²) in [5.74, 6) is 3.24. The van der Waals surface area contributed by atoms with E-state index in [9.17, 15) is 0 Å². The lowest BCUT2D eigenvalue weighted by molar-refractivity contribution is 0.449. The van der Waals surface area contributed by atoms with Crippen LogP contribution >= 0.6 is 0 Å². The molecule has 0 aromatic rings. The molecule has 0 aromatic heterocycles. The third kappa shape index (κ3) is 9.03.